The second-order valence-electron chi connectivity index (χ2n) is 8.97. The molecule has 13 heteroatoms. The maximum Gasteiger partial charge on any atom is 0.339 e. The lowest BCUT2D eigenvalue weighted by atomic mass is 9.61. The summed E-state index contributed by atoms with van der Waals surface area (Å²) in [5.41, 5.74) is -2.39. The van der Waals surface area contributed by atoms with Crippen LogP contribution in [0.1, 0.15) is 18.4 Å². The monoisotopic (exact) mass is 513 g/mol. The Bertz CT molecular complexity index is 1600. The highest BCUT2D eigenvalue weighted by Gasteiger charge is 2.62. The minimum atomic E-state index is -2.76. The zero-order valence-corrected chi connectivity index (χ0v) is 19.1. The van der Waals surface area contributed by atoms with Gasteiger partial charge in [0.05, 0.1) is 28.4 Å². The molecule has 1 saturated heterocycles. The number of anilines is 1. The van der Waals surface area contributed by atoms with Gasteiger partial charge in [-0.05, 0) is 17.7 Å². The van der Waals surface area contributed by atoms with Gasteiger partial charge in [0.1, 0.15) is 24.2 Å². The molecule has 3 aromatic rings. The van der Waals surface area contributed by atoms with E-state index in [0.717, 1.165) is 16.8 Å². The quantitative estimate of drug-likeness (QED) is 0.526. The Labute approximate surface area is 206 Å². The highest BCUT2D eigenvalue weighted by molar-refractivity contribution is 6.31. The number of nitriles is 2. The maximum absolute atomic E-state index is 13.9. The highest BCUT2D eigenvalue weighted by atomic mass is 35.5. The van der Waals surface area contributed by atoms with Gasteiger partial charge in [0, 0.05) is 37.4 Å². The molecule has 2 fully saturated rings. The van der Waals surface area contributed by atoms with Crippen LogP contribution in [0.25, 0.3) is 16.9 Å². The third-order valence-electron chi connectivity index (χ3n) is 6.37. The molecule has 1 aliphatic heterocycles. The number of benzene rings is 1. The summed E-state index contributed by atoms with van der Waals surface area (Å²) in [6.07, 6.45) is 0.514. The maximum atomic E-state index is 13.9. The van der Waals surface area contributed by atoms with Gasteiger partial charge >= 0.3 is 5.69 Å². The number of halogens is 4. The molecule has 36 heavy (non-hydrogen) atoms. The molecular formula is C23H15ClF3N7O2. The fourth-order valence-electron chi connectivity index (χ4n) is 5.00. The van der Waals surface area contributed by atoms with E-state index in [4.69, 9.17) is 11.6 Å². The van der Waals surface area contributed by atoms with Gasteiger partial charge in [-0.2, -0.15) is 15.6 Å². The van der Waals surface area contributed by atoms with E-state index in [1.54, 1.807) is 4.90 Å². The topological polar surface area (TPSA) is 121 Å². The molecular weight excluding hydrogens is 499 g/mol. The average Bonchev–Trinajstić information content (AvgIpc) is 2.79. The molecule has 1 aliphatic carbocycles. The van der Waals surface area contributed by atoms with E-state index in [0.29, 0.717) is 4.57 Å². The van der Waals surface area contributed by atoms with Crippen LogP contribution < -0.4 is 16.1 Å². The van der Waals surface area contributed by atoms with Crippen LogP contribution in [-0.4, -0.2) is 38.3 Å². The summed E-state index contributed by atoms with van der Waals surface area (Å²) in [6, 6.07) is 8.44. The summed E-state index contributed by atoms with van der Waals surface area (Å²) < 4.78 is 42.8. The minimum Gasteiger partial charge on any atom is -0.356 e. The molecule has 182 valence electrons. The third-order valence-corrected chi connectivity index (χ3v) is 6.66. The van der Waals surface area contributed by atoms with E-state index >= 15 is 0 Å². The normalized spacial score (nSPS) is 17.1. The van der Waals surface area contributed by atoms with Crippen molar-refractivity contribution in [2.45, 2.75) is 25.3 Å². The molecule has 0 N–H and O–H groups in total. The second-order valence-corrected chi connectivity index (χ2v) is 9.38. The number of rotatable bonds is 4. The first-order chi connectivity index (χ1) is 17.1. The first kappa shape index (κ1) is 23.6. The van der Waals surface area contributed by atoms with Crippen molar-refractivity contribution < 1.29 is 13.2 Å². The standard InChI is InChI=1S/C23H15ClF3N7O2/c24-15-6-14(1-2-16(15)25)18-19(32-11-22(12-32)9-23(26,27)10-22)33(4-3-28)21(36)34(20(18)35)17-5-13(7-29)8-30-31-17/h1-2,5-6,8H,4,9-12H2. The molecule has 0 radical (unpaired) electrons. The number of alkyl halides is 2. The van der Waals surface area contributed by atoms with Crippen LogP contribution in [0.4, 0.5) is 19.0 Å². The predicted octanol–water partition coefficient (Wildman–Crippen LogP) is 2.88. The van der Waals surface area contributed by atoms with Gasteiger partial charge in [-0.15, -0.1) is 5.10 Å². The molecule has 5 rings (SSSR count). The summed E-state index contributed by atoms with van der Waals surface area (Å²) in [7, 11) is 0. The minimum absolute atomic E-state index is 0.0317. The van der Waals surface area contributed by atoms with Gasteiger partial charge in [-0.25, -0.2) is 22.5 Å². The van der Waals surface area contributed by atoms with E-state index < -0.39 is 34.9 Å². The average molecular weight is 514 g/mol. The van der Waals surface area contributed by atoms with Gasteiger partial charge in [0.15, 0.2) is 5.82 Å². The van der Waals surface area contributed by atoms with E-state index in [2.05, 4.69) is 10.2 Å². The lowest BCUT2D eigenvalue weighted by Crippen LogP contribution is -2.67. The van der Waals surface area contributed by atoms with Crippen molar-refractivity contribution in [2.75, 3.05) is 18.0 Å². The van der Waals surface area contributed by atoms with Gasteiger partial charge < -0.3 is 4.90 Å². The second kappa shape index (κ2) is 8.21. The highest BCUT2D eigenvalue weighted by Crippen LogP contribution is 2.57. The van der Waals surface area contributed by atoms with Crippen LogP contribution in [0, 0.1) is 33.9 Å². The lowest BCUT2D eigenvalue weighted by Gasteiger charge is -2.59. The van der Waals surface area contributed by atoms with Crippen molar-refractivity contribution in [3.63, 3.8) is 0 Å². The SMILES string of the molecule is N#CCn1c(N2CC3(C2)CC(F)(F)C3)c(-c2ccc(F)c(Cl)c2)c(=O)n(-c2cc(C#N)cnn2)c1=O. The van der Waals surface area contributed by atoms with Crippen LogP contribution >= 0.6 is 11.6 Å². The summed E-state index contributed by atoms with van der Waals surface area (Å²) in [5, 5.41) is 25.8. The van der Waals surface area contributed by atoms with E-state index in [-0.39, 0.29) is 59.3 Å². The molecule has 1 spiro atoms. The van der Waals surface area contributed by atoms with Crippen LogP contribution in [0.3, 0.4) is 0 Å². The summed E-state index contributed by atoms with van der Waals surface area (Å²) >= 11 is 5.97. The number of nitrogens with zero attached hydrogens (tertiary/aromatic N) is 7. The fourth-order valence-corrected chi connectivity index (χ4v) is 5.18. The molecule has 9 nitrogen and oxygen atoms in total. The van der Waals surface area contributed by atoms with Crippen LogP contribution in [-0.2, 0) is 6.54 Å². The molecule has 0 amide bonds. The number of aromatic nitrogens is 4. The molecule has 0 atom stereocenters. The van der Waals surface area contributed by atoms with Crippen molar-refractivity contribution in [1.82, 2.24) is 19.3 Å². The molecule has 1 aromatic carbocycles. The van der Waals surface area contributed by atoms with E-state index in [9.17, 15) is 33.3 Å². The van der Waals surface area contributed by atoms with E-state index in [1.807, 2.05) is 12.1 Å². The van der Waals surface area contributed by atoms with Gasteiger partial charge in [-0.3, -0.25) is 9.36 Å². The fraction of sp³-hybridized carbons (Fsp3) is 0.304. The Morgan fingerprint density at radius 3 is 2.47 bits per heavy atom. The lowest BCUT2D eigenvalue weighted by molar-refractivity contribution is -0.170. The van der Waals surface area contributed by atoms with Crippen LogP contribution in [0.5, 0.6) is 0 Å². The first-order valence-corrected chi connectivity index (χ1v) is 11.0. The van der Waals surface area contributed by atoms with Crippen molar-refractivity contribution in [2.24, 2.45) is 5.41 Å². The number of hydrogen-bond donors (Lipinski definition) is 0. The molecule has 2 aliphatic rings. The molecule has 2 aromatic heterocycles. The molecule has 0 unspecified atom stereocenters. The molecule has 0 bridgehead atoms. The van der Waals surface area contributed by atoms with Crippen molar-refractivity contribution >= 4 is 17.4 Å². The Morgan fingerprint density at radius 2 is 1.86 bits per heavy atom. The van der Waals surface area contributed by atoms with Crippen LogP contribution in [0.2, 0.25) is 5.02 Å². The van der Waals surface area contributed by atoms with Crippen LogP contribution in [0.15, 0.2) is 40.1 Å². The summed E-state index contributed by atoms with van der Waals surface area (Å²) in [5.74, 6) is -3.72. The Kier molecular flexibility index (Phi) is 5.38. The Balaban J connectivity index is 1.77. The van der Waals surface area contributed by atoms with E-state index in [1.165, 1.54) is 18.2 Å². The Hall–Kier alpha value is -4.16. The largest absolute Gasteiger partial charge is 0.356 e. The van der Waals surface area contributed by atoms with Crippen molar-refractivity contribution in [3.05, 3.63) is 67.7 Å². The zero-order valence-electron chi connectivity index (χ0n) is 18.4. The predicted molar refractivity (Wildman–Crippen MR) is 121 cm³/mol. The van der Waals surface area contributed by atoms with Crippen molar-refractivity contribution in [1.29, 1.82) is 10.5 Å². The van der Waals surface area contributed by atoms with Gasteiger partial charge in [0.2, 0.25) is 5.92 Å². The number of hydrogen-bond acceptors (Lipinski definition) is 7. The smallest absolute Gasteiger partial charge is 0.339 e. The third kappa shape index (κ3) is 3.71. The summed E-state index contributed by atoms with van der Waals surface area (Å²) in [4.78, 5) is 28.9. The van der Waals surface area contributed by atoms with Crippen molar-refractivity contribution in [3.8, 4) is 29.1 Å². The summed E-state index contributed by atoms with van der Waals surface area (Å²) in [6.45, 7) is -0.202. The van der Waals surface area contributed by atoms with Gasteiger partial charge in [-0.1, -0.05) is 17.7 Å². The zero-order chi connectivity index (χ0) is 25.8. The Morgan fingerprint density at radius 1 is 1.14 bits per heavy atom. The first-order valence-electron chi connectivity index (χ1n) is 10.7. The molecule has 1 saturated carbocycles. The van der Waals surface area contributed by atoms with Gasteiger partial charge in [0.25, 0.3) is 5.56 Å². The molecule has 3 heterocycles.